The number of likely N-dealkylation sites (N-methyl/N-ethyl adjacent to an activating group) is 1. The van der Waals surface area contributed by atoms with Crippen LogP contribution >= 0.6 is 0 Å². The first-order chi connectivity index (χ1) is 13.3. The van der Waals surface area contributed by atoms with E-state index in [4.69, 9.17) is 0 Å². The van der Waals surface area contributed by atoms with Crippen molar-refractivity contribution >= 4 is 16.9 Å². The molecular weight excluding hydrogens is 334 g/mol. The molecule has 0 spiro atoms. The van der Waals surface area contributed by atoms with Gasteiger partial charge >= 0.3 is 0 Å². The predicted octanol–water partition coefficient (Wildman–Crippen LogP) is 3.01. The number of aromatic amines is 1. The van der Waals surface area contributed by atoms with E-state index in [1.165, 1.54) is 22.0 Å². The van der Waals surface area contributed by atoms with Gasteiger partial charge in [-0.3, -0.25) is 4.99 Å². The Kier molecular flexibility index (Phi) is 6.88. The third-order valence-corrected chi connectivity index (χ3v) is 4.67. The minimum absolute atomic E-state index is 0.849. The van der Waals surface area contributed by atoms with Crippen molar-refractivity contribution in [2.45, 2.75) is 13.0 Å². The van der Waals surface area contributed by atoms with Gasteiger partial charge in [0.1, 0.15) is 0 Å². The van der Waals surface area contributed by atoms with Gasteiger partial charge in [-0.05, 0) is 30.7 Å². The van der Waals surface area contributed by atoms with Crippen molar-refractivity contribution in [2.75, 3.05) is 33.7 Å². The van der Waals surface area contributed by atoms with Crippen molar-refractivity contribution < 1.29 is 0 Å². The van der Waals surface area contributed by atoms with Gasteiger partial charge in [0, 0.05) is 50.3 Å². The standard InChI is InChI=1S/C22H29N5/c1-23-22(25-14-15-27(2)17-18-8-4-3-5-9-18)24-13-12-19-16-26-21-11-7-6-10-20(19)21/h3-11,16,26H,12-15,17H2,1-2H3,(H2,23,24,25). The van der Waals surface area contributed by atoms with Gasteiger partial charge in [-0.2, -0.15) is 0 Å². The van der Waals surface area contributed by atoms with E-state index in [1.807, 2.05) is 7.05 Å². The summed E-state index contributed by atoms with van der Waals surface area (Å²) in [5.74, 6) is 0.850. The highest BCUT2D eigenvalue weighted by molar-refractivity contribution is 5.83. The summed E-state index contributed by atoms with van der Waals surface area (Å²) in [6.45, 7) is 3.62. The van der Waals surface area contributed by atoms with Crippen LogP contribution in [0.25, 0.3) is 10.9 Å². The Morgan fingerprint density at radius 2 is 1.74 bits per heavy atom. The van der Waals surface area contributed by atoms with E-state index in [1.54, 1.807) is 0 Å². The molecule has 0 amide bonds. The Balaban J connectivity index is 1.38. The number of aromatic nitrogens is 1. The highest BCUT2D eigenvalue weighted by atomic mass is 15.2. The van der Waals surface area contributed by atoms with E-state index >= 15 is 0 Å². The number of guanidine groups is 1. The van der Waals surface area contributed by atoms with E-state index < -0.39 is 0 Å². The molecule has 0 fully saturated rings. The van der Waals surface area contributed by atoms with Crippen LogP contribution in [-0.4, -0.2) is 49.6 Å². The summed E-state index contributed by atoms with van der Waals surface area (Å²) in [7, 11) is 3.95. The first-order valence-electron chi connectivity index (χ1n) is 9.48. The third-order valence-electron chi connectivity index (χ3n) is 4.67. The van der Waals surface area contributed by atoms with Crippen LogP contribution in [0.1, 0.15) is 11.1 Å². The zero-order chi connectivity index (χ0) is 18.9. The van der Waals surface area contributed by atoms with Crippen LogP contribution in [0.15, 0.2) is 65.8 Å². The van der Waals surface area contributed by atoms with E-state index in [-0.39, 0.29) is 0 Å². The number of nitrogens with one attached hydrogen (secondary N) is 3. The number of hydrogen-bond donors (Lipinski definition) is 3. The summed E-state index contributed by atoms with van der Waals surface area (Å²) in [4.78, 5) is 9.95. The zero-order valence-electron chi connectivity index (χ0n) is 16.2. The van der Waals surface area contributed by atoms with E-state index in [2.05, 4.69) is 93.4 Å². The third kappa shape index (κ3) is 5.59. The summed E-state index contributed by atoms with van der Waals surface area (Å²) in [6, 6.07) is 19.0. The maximum atomic E-state index is 4.32. The molecule has 5 nitrogen and oxygen atoms in total. The second-order valence-electron chi connectivity index (χ2n) is 6.76. The van der Waals surface area contributed by atoms with E-state index in [0.717, 1.165) is 38.6 Å². The van der Waals surface area contributed by atoms with Crippen LogP contribution in [0.5, 0.6) is 0 Å². The van der Waals surface area contributed by atoms with Crippen LogP contribution in [-0.2, 0) is 13.0 Å². The number of hydrogen-bond acceptors (Lipinski definition) is 2. The van der Waals surface area contributed by atoms with E-state index in [9.17, 15) is 0 Å². The summed E-state index contributed by atoms with van der Waals surface area (Å²) in [6.07, 6.45) is 3.06. The molecule has 2 aromatic carbocycles. The molecule has 0 aliphatic carbocycles. The lowest BCUT2D eigenvalue weighted by atomic mass is 10.1. The normalized spacial score (nSPS) is 11.9. The Morgan fingerprint density at radius 3 is 2.56 bits per heavy atom. The van der Waals surface area contributed by atoms with Crippen LogP contribution in [0.2, 0.25) is 0 Å². The van der Waals surface area contributed by atoms with Crippen LogP contribution in [0.3, 0.4) is 0 Å². The molecule has 3 rings (SSSR count). The lowest BCUT2D eigenvalue weighted by molar-refractivity contribution is 0.331. The maximum Gasteiger partial charge on any atom is 0.191 e. The Morgan fingerprint density at radius 1 is 1.00 bits per heavy atom. The fourth-order valence-corrected chi connectivity index (χ4v) is 3.21. The molecule has 0 atom stereocenters. The molecular formula is C22H29N5. The quantitative estimate of drug-likeness (QED) is 0.426. The lowest BCUT2D eigenvalue weighted by Crippen LogP contribution is -2.41. The number of nitrogens with zero attached hydrogens (tertiary/aromatic N) is 2. The van der Waals surface area contributed by atoms with Gasteiger partial charge in [0.2, 0.25) is 0 Å². The van der Waals surface area contributed by atoms with Gasteiger partial charge < -0.3 is 20.5 Å². The number of H-pyrrole nitrogens is 1. The van der Waals surface area contributed by atoms with Gasteiger partial charge in [0.15, 0.2) is 5.96 Å². The van der Waals surface area contributed by atoms with Crippen molar-refractivity contribution in [3.8, 4) is 0 Å². The number of benzene rings is 2. The average Bonchev–Trinajstić information content (AvgIpc) is 3.11. The summed E-state index contributed by atoms with van der Waals surface area (Å²) < 4.78 is 0. The molecule has 0 saturated carbocycles. The van der Waals surface area contributed by atoms with Crippen molar-refractivity contribution in [3.63, 3.8) is 0 Å². The molecule has 1 aromatic heterocycles. The van der Waals surface area contributed by atoms with Crippen molar-refractivity contribution in [1.82, 2.24) is 20.5 Å². The fraction of sp³-hybridized carbons (Fsp3) is 0.318. The lowest BCUT2D eigenvalue weighted by Gasteiger charge is -2.18. The van der Waals surface area contributed by atoms with E-state index in [0.29, 0.717) is 0 Å². The van der Waals surface area contributed by atoms with Crippen LogP contribution in [0.4, 0.5) is 0 Å². The fourth-order valence-electron chi connectivity index (χ4n) is 3.21. The second kappa shape index (κ2) is 9.78. The molecule has 0 saturated heterocycles. The molecule has 5 heteroatoms. The molecule has 0 unspecified atom stereocenters. The smallest absolute Gasteiger partial charge is 0.191 e. The average molecular weight is 364 g/mol. The molecule has 3 N–H and O–H groups in total. The molecule has 0 aliphatic heterocycles. The molecule has 0 aliphatic rings. The number of rotatable bonds is 8. The summed E-state index contributed by atoms with van der Waals surface area (Å²) in [5, 5.41) is 8.09. The molecule has 27 heavy (non-hydrogen) atoms. The number of para-hydroxylation sites is 1. The number of fused-ring (bicyclic) bond motifs is 1. The topological polar surface area (TPSA) is 55.5 Å². The highest BCUT2D eigenvalue weighted by Gasteiger charge is 2.04. The van der Waals surface area contributed by atoms with Gasteiger partial charge in [-0.25, -0.2) is 0 Å². The maximum absolute atomic E-state index is 4.32. The monoisotopic (exact) mass is 363 g/mol. The van der Waals surface area contributed by atoms with Crippen LogP contribution < -0.4 is 10.6 Å². The van der Waals surface area contributed by atoms with Gasteiger partial charge in [-0.15, -0.1) is 0 Å². The van der Waals surface area contributed by atoms with Gasteiger partial charge in [-0.1, -0.05) is 48.5 Å². The highest BCUT2D eigenvalue weighted by Crippen LogP contribution is 2.17. The Bertz CT molecular complexity index is 853. The summed E-state index contributed by atoms with van der Waals surface area (Å²) >= 11 is 0. The molecule has 1 heterocycles. The zero-order valence-corrected chi connectivity index (χ0v) is 16.2. The molecule has 142 valence electrons. The van der Waals surface area contributed by atoms with Gasteiger partial charge in [0.05, 0.1) is 0 Å². The van der Waals surface area contributed by atoms with Crippen LogP contribution in [0, 0.1) is 0 Å². The first-order valence-corrected chi connectivity index (χ1v) is 9.48. The first kappa shape index (κ1) is 19.0. The Hall–Kier alpha value is -2.79. The number of aliphatic imine (C=N–C) groups is 1. The molecule has 0 radical (unpaired) electrons. The van der Waals surface area contributed by atoms with Crippen molar-refractivity contribution in [2.24, 2.45) is 4.99 Å². The minimum atomic E-state index is 0.849. The van der Waals surface area contributed by atoms with Gasteiger partial charge in [0.25, 0.3) is 0 Å². The largest absolute Gasteiger partial charge is 0.361 e. The Labute approximate surface area is 161 Å². The second-order valence-corrected chi connectivity index (χ2v) is 6.76. The summed E-state index contributed by atoms with van der Waals surface area (Å²) in [5.41, 5.74) is 3.86. The van der Waals surface area contributed by atoms with Crippen molar-refractivity contribution in [1.29, 1.82) is 0 Å². The molecule has 0 bridgehead atoms. The molecule has 3 aromatic rings. The predicted molar refractivity (Wildman–Crippen MR) is 114 cm³/mol. The van der Waals surface area contributed by atoms with Crippen molar-refractivity contribution in [3.05, 3.63) is 71.9 Å². The SMILES string of the molecule is CN=C(NCCc1c[nH]c2ccccc12)NCCN(C)Cc1ccccc1. The minimum Gasteiger partial charge on any atom is -0.361 e.